The van der Waals surface area contributed by atoms with Crippen molar-refractivity contribution in [2.24, 2.45) is 11.8 Å². The standard InChI is InChI=1S/C16H21N/c1-4-14-8-6-9-15(11-14)17-16-10-5-7-12(2)13(16)3/h1,6,8-9,11-13,16-17H,5,7,10H2,2-3H3. The molecule has 1 fully saturated rings. The van der Waals surface area contributed by atoms with Gasteiger partial charge in [-0.25, -0.2) is 0 Å². The van der Waals surface area contributed by atoms with Crippen molar-refractivity contribution >= 4 is 5.69 Å². The van der Waals surface area contributed by atoms with Crippen molar-refractivity contribution in [3.05, 3.63) is 29.8 Å². The van der Waals surface area contributed by atoms with E-state index in [-0.39, 0.29) is 0 Å². The summed E-state index contributed by atoms with van der Waals surface area (Å²) in [7, 11) is 0. The van der Waals surface area contributed by atoms with Crippen LogP contribution in [0.1, 0.15) is 38.7 Å². The predicted octanol–water partition coefficient (Wildman–Crippen LogP) is 3.90. The molecule has 1 aliphatic carbocycles. The SMILES string of the molecule is C#Cc1cccc(NC2CCCC(C)C2C)c1. The van der Waals surface area contributed by atoms with Crippen molar-refractivity contribution in [2.45, 2.75) is 39.2 Å². The topological polar surface area (TPSA) is 12.0 Å². The Morgan fingerprint density at radius 2 is 2.12 bits per heavy atom. The van der Waals surface area contributed by atoms with E-state index in [1.54, 1.807) is 0 Å². The molecule has 0 aromatic heterocycles. The van der Waals surface area contributed by atoms with E-state index in [2.05, 4.69) is 37.2 Å². The van der Waals surface area contributed by atoms with E-state index < -0.39 is 0 Å². The molecule has 2 rings (SSSR count). The Morgan fingerprint density at radius 3 is 2.88 bits per heavy atom. The normalized spacial score (nSPS) is 28.4. The summed E-state index contributed by atoms with van der Waals surface area (Å²) < 4.78 is 0. The number of benzene rings is 1. The molecule has 0 spiro atoms. The van der Waals surface area contributed by atoms with Crippen LogP contribution in [0, 0.1) is 24.2 Å². The highest BCUT2D eigenvalue weighted by Crippen LogP contribution is 2.31. The van der Waals surface area contributed by atoms with Gasteiger partial charge in [0.15, 0.2) is 0 Å². The Kier molecular flexibility index (Phi) is 3.74. The molecule has 3 atom stereocenters. The van der Waals surface area contributed by atoms with Gasteiger partial charge in [0, 0.05) is 17.3 Å². The summed E-state index contributed by atoms with van der Waals surface area (Å²) in [5.41, 5.74) is 2.11. The van der Waals surface area contributed by atoms with Crippen LogP contribution in [0.5, 0.6) is 0 Å². The maximum absolute atomic E-state index is 5.42. The molecule has 0 heterocycles. The zero-order valence-electron chi connectivity index (χ0n) is 10.7. The minimum Gasteiger partial charge on any atom is -0.382 e. The number of terminal acetylenes is 1. The average molecular weight is 227 g/mol. The molecule has 1 saturated carbocycles. The molecule has 1 nitrogen and oxygen atoms in total. The molecule has 0 bridgehead atoms. The molecule has 1 aromatic carbocycles. The molecule has 3 unspecified atom stereocenters. The molecular formula is C16H21N. The molecule has 0 amide bonds. The monoisotopic (exact) mass is 227 g/mol. The second-order valence-corrected chi connectivity index (χ2v) is 5.24. The molecule has 0 radical (unpaired) electrons. The van der Waals surface area contributed by atoms with Crippen molar-refractivity contribution in [1.82, 2.24) is 0 Å². The first-order valence-corrected chi connectivity index (χ1v) is 6.54. The third-order valence-electron chi connectivity index (χ3n) is 4.09. The van der Waals surface area contributed by atoms with E-state index in [4.69, 9.17) is 6.42 Å². The molecule has 90 valence electrons. The summed E-state index contributed by atoms with van der Waals surface area (Å²) >= 11 is 0. The average Bonchev–Trinajstić information content (AvgIpc) is 2.35. The number of anilines is 1. The first-order chi connectivity index (χ1) is 8.20. The minimum absolute atomic E-state index is 0.590. The van der Waals surface area contributed by atoms with Gasteiger partial charge >= 0.3 is 0 Å². The van der Waals surface area contributed by atoms with E-state index >= 15 is 0 Å². The highest BCUT2D eigenvalue weighted by molar-refractivity contribution is 5.50. The smallest absolute Gasteiger partial charge is 0.0354 e. The first kappa shape index (κ1) is 12.0. The molecule has 0 saturated heterocycles. The summed E-state index contributed by atoms with van der Waals surface area (Å²) in [6, 6.07) is 8.75. The van der Waals surface area contributed by atoms with Gasteiger partial charge in [-0.1, -0.05) is 38.7 Å². The van der Waals surface area contributed by atoms with Crippen molar-refractivity contribution < 1.29 is 0 Å². The largest absolute Gasteiger partial charge is 0.382 e. The van der Waals surface area contributed by atoms with Crippen LogP contribution < -0.4 is 5.32 Å². The Morgan fingerprint density at radius 1 is 1.29 bits per heavy atom. The fourth-order valence-electron chi connectivity index (χ4n) is 2.70. The molecule has 1 N–H and O–H groups in total. The van der Waals surface area contributed by atoms with Gasteiger partial charge in [-0.3, -0.25) is 0 Å². The molecule has 1 aliphatic rings. The van der Waals surface area contributed by atoms with E-state index in [1.807, 2.05) is 12.1 Å². The third kappa shape index (κ3) is 2.82. The number of hydrogen-bond acceptors (Lipinski definition) is 1. The van der Waals surface area contributed by atoms with Crippen LogP contribution in [0.25, 0.3) is 0 Å². The Hall–Kier alpha value is -1.42. The minimum atomic E-state index is 0.590. The quantitative estimate of drug-likeness (QED) is 0.755. The van der Waals surface area contributed by atoms with E-state index in [1.165, 1.54) is 19.3 Å². The van der Waals surface area contributed by atoms with Crippen molar-refractivity contribution in [2.75, 3.05) is 5.32 Å². The fraction of sp³-hybridized carbons (Fsp3) is 0.500. The van der Waals surface area contributed by atoms with Gasteiger partial charge in [0.25, 0.3) is 0 Å². The van der Waals surface area contributed by atoms with Gasteiger partial charge in [0.1, 0.15) is 0 Å². The van der Waals surface area contributed by atoms with Crippen molar-refractivity contribution in [1.29, 1.82) is 0 Å². The van der Waals surface area contributed by atoms with Crippen LogP contribution in [0.15, 0.2) is 24.3 Å². The van der Waals surface area contributed by atoms with Gasteiger partial charge < -0.3 is 5.32 Å². The number of nitrogens with one attached hydrogen (secondary N) is 1. The predicted molar refractivity (Wildman–Crippen MR) is 74.0 cm³/mol. The van der Waals surface area contributed by atoms with E-state index in [0.717, 1.165) is 23.1 Å². The van der Waals surface area contributed by atoms with Crippen LogP contribution in [-0.2, 0) is 0 Å². The van der Waals surface area contributed by atoms with Gasteiger partial charge in [-0.2, -0.15) is 0 Å². The molecule has 0 aliphatic heterocycles. The van der Waals surface area contributed by atoms with Gasteiger partial charge in [0.05, 0.1) is 0 Å². The fourth-order valence-corrected chi connectivity index (χ4v) is 2.70. The zero-order valence-corrected chi connectivity index (χ0v) is 10.7. The van der Waals surface area contributed by atoms with Crippen LogP contribution >= 0.6 is 0 Å². The lowest BCUT2D eigenvalue weighted by molar-refractivity contribution is 0.253. The summed E-state index contributed by atoms with van der Waals surface area (Å²) in [6.45, 7) is 4.71. The summed E-state index contributed by atoms with van der Waals surface area (Å²) in [5, 5.41) is 3.64. The molecule has 1 aromatic rings. The lowest BCUT2D eigenvalue weighted by atomic mass is 9.78. The van der Waals surface area contributed by atoms with Crippen LogP contribution in [0.4, 0.5) is 5.69 Å². The molecular weight excluding hydrogens is 206 g/mol. The highest BCUT2D eigenvalue weighted by Gasteiger charge is 2.26. The van der Waals surface area contributed by atoms with E-state index in [9.17, 15) is 0 Å². The van der Waals surface area contributed by atoms with Crippen LogP contribution in [-0.4, -0.2) is 6.04 Å². The number of hydrogen-bond donors (Lipinski definition) is 1. The maximum atomic E-state index is 5.42. The van der Waals surface area contributed by atoms with Crippen LogP contribution in [0.3, 0.4) is 0 Å². The summed E-state index contributed by atoms with van der Waals surface area (Å²) in [6.07, 6.45) is 9.39. The zero-order chi connectivity index (χ0) is 12.3. The summed E-state index contributed by atoms with van der Waals surface area (Å²) in [5.74, 6) is 4.24. The lowest BCUT2D eigenvalue weighted by Crippen LogP contribution is -2.34. The lowest BCUT2D eigenvalue weighted by Gasteiger charge is -2.35. The second-order valence-electron chi connectivity index (χ2n) is 5.24. The van der Waals surface area contributed by atoms with Crippen molar-refractivity contribution in [3.63, 3.8) is 0 Å². The van der Waals surface area contributed by atoms with Crippen molar-refractivity contribution in [3.8, 4) is 12.3 Å². The molecule has 1 heteroatoms. The van der Waals surface area contributed by atoms with Crippen LogP contribution in [0.2, 0.25) is 0 Å². The van der Waals surface area contributed by atoms with Gasteiger partial charge in [-0.05, 0) is 36.5 Å². The molecule has 17 heavy (non-hydrogen) atoms. The third-order valence-corrected chi connectivity index (χ3v) is 4.09. The Bertz CT molecular complexity index is 416. The maximum Gasteiger partial charge on any atom is 0.0354 e. The number of rotatable bonds is 2. The van der Waals surface area contributed by atoms with E-state index in [0.29, 0.717) is 6.04 Å². The first-order valence-electron chi connectivity index (χ1n) is 6.54. The summed E-state index contributed by atoms with van der Waals surface area (Å²) in [4.78, 5) is 0. The Labute approximate surface area is 105 Å². The van der Waals surface area contributed by atoms with Gasteiger partial charge in [0.2, 0.25) is 0 Å². The highest BCUT2D eigenvalue weighted by atomic mass is 14.9. The Balaban J connectivity index is 2.07. The second kappa shape index (κ2) is 5.27. The van der Waals surface area contributed by atoms with Gasteiger partial charge in [-0.15, -0.1) is 6.42 Å².